The Morgan fingerprint density at radius 2 is 0.569 bits per heavy atom. The SMILES string of the molecule is c1ccc(-c2nc(-c3ccccc3)nc(-c3ccc4cc(-c5ccc6c(c5)sc5cc(-c7cccc(-c8ccc9c%10ccccc%10c%10ccccc%10c9c8)c7)ccc56)ccc4c3)n2)cc1. The number of thiophene rings is 1. The van der Waals surface area contributed by atoms with Gasteiger partial charge in [-0.05, 0) is 113 Å². The number of rotatable bonds is 6. The van der Waals surface area contributed by atoms with E-state index in [0.29, 0.717) is 17.5 Å². The Morgan fingerprint density at radius 3 is 1.11 bits per heavy atom. The molecule has 0 aliphatic rings. The minimum Gasteiger partial charge on any atom is -0.208 e. The van der Waals surface area contributed by atoms with Crippen molar-refractivity contribution in [3.8, 4) is 67.5 Å². The lowest BCUT2D eigenvalue weighted by molar-refractivity contribution is 1.07. The first kappa shape index (κ1) is 37.3. The van der Waals surface area contributed by atoms with Crippen molar-refractivity contribution in [1.29, 1.82) is 0 Å². The highest BCUT2D eigenvalue weighted by Gasteiger charge is 2.15. The maximum Gasteiger partial charge on any atom is 0.164 e. The Balaban J connectivity index is 0.814. The van der Waals surface area contributed by atoms with Gasteiger partial charge in [0, 0.05) is 36.9 Å². The molecule has 0 aliphatic heterocycles. The predicted molar refractivity (Wildman–Crippen MR) is 275 cm³/mol. The summed E-state index contributed by atoms with van der Waals surface area (Å²) in [6.07, 6.45) is 0. The van der Waals surface area contributed by atoms with E-state index < -0.39 is 0 Å². The zero-order chi connectivity index (χ0) is 42.8. The Hall–Kier alpha value is -8.31. The molecular weight excluding hydrogens is 807 g/mol. The largest absolute Gasteiger partial charge is 0.208 e. The van der Waals surface area contributed by atoms with Crippen molar-refractivity contribution in [2.24, 2.45) is 0 Å². The van der Waals surface area contributed by atoms with E-state index in [2.05, 4.69) is 164 Å². The number of fused-ring (bicyclic) bond motifs is 10. The van der Waals surface area contributed by atoms with E-state index in [4.69, 9.17) is 15.0 Å². The second-order valence-corrected chi connectivity index (χ2v) is 17.9. The summed E-state index contributed by atoms with van der Waals surface area (Å²) in [6.45, 7) is 0. The number of nitrogens with zero attached hydrogens (tertiary/aromatic N) is 3. The van der Waals surface area contributed by atoms with E-state index in [1.807, 2.05) is 72.0 Å². The van der Waals surface area contributed by atoms with Crippen LogP contribution in [0.1, 0.15) is 0 Å². The van der Waals surface area contributed by atoms with Gasteiger partial charge in [-0.15, -0.1) is 11.3 Å². The van der Waals surface area contributed by atoms with Gasteiger partial charge in [0.25, 0.3) is 0 Å². The third kappa shape index (κ3) is 6.54. The number of hydrogen-bond donors (Lipinski definition) is 0. The van der Waals surface area contributed by atoms with Gasteiger partial charge < -0.3 is 0 Å². The van der Waals surface area contributed by atoms with Gasteiger partial charge in [-0.2, -0.15) is 0 Å². The van der Waals surface area contributed by atoms with Gasteiger partial charge in [0.15, 0.2) is 17.5 Å². The van der Waals surface area contributed by atoms with Crippen molar-refractivity contribution < 1.29 is 0 Å². The molecule has 0 unspecified atom stereocenters. The topological polar surface area (TPSA) is 38.7 Å². The molecule has 11 aromatic carbocycles. The minimum atomic E-state index is 0.655. The average molecular weight is 844 g/mol. The lowest BCUT2D eigenvalue weighted by Gasteiger charge is -2.12. The fraction of sp³-hybridized carbons (Fsp3) is 0. The molecule has 0 saturated heterocycles. The first-order valence-electron chi connectivity index (χ1n) is 22.0. The first-order chi connectivity index (χ1) is 32.2. The van der Waals surface area contributed by atoms with Crippen molar-refractivity contribution in [3.05, 3.63) is 224 Å². The van der Waals surface area contributed by atoms with E-state index in [1.54, 1.807) is 0 Å². The fourth-order valence-corrected chi connectivity index (χ4v) is 10.8. The van der Waals surface area contributed by atoms with Crippen LogP contribution in [-0.2, 0) is 0 Å². The van der Waals surface area contributed by atoms with Crippen LogP contribution in [0.15, 0.2) is 224 Å². The van der Waals surface area contributed by atoms with Crippen molar-refractivity contribution >= 4 is 74.6 Å². The quantitative estimate of drug-likeness (QED) is 0.157. The standard InChI is InChI=1S/C61H37N3S/c1-3-12-38(13-4-1)59-62-60(39-14-5-2-6-15-39)64-61(63-59)48-25-24-42-33-43(22-23-44(42)34-48)47-28-31-55-54-30-27-46(36-57(54)65-58(55)37-47)41-17-11-16-40(32-41)45-26-29-53-51-20-8-7-18-49(51)50-19-9-10-21-52(50)56(53)35-45/h1-37H. The second-order valence-electron chi connectivity index (χ2n) is 16.8. The summed E-state index contributed by atoms with van der Waals surface area (Å²) in [5, 5.41) is 12.7. The molecule has 65 heavy (non-hydrogen) atoms. The molecule has 0 bridgehead atoms. The molecule has 0 N–H and O–H groups in total. The molecule has 0 fully saturated rings. The molecule has 2 heterocycles. The van der Waals surface area contributed by atoms with E-state index in [9.17, 15) is 0 Å². The van der Waals surface area contributed by atoms with Crippen LogP contribution < -0.4 is 0 Å². The lowest BCUT2D eigenvalue weighted by Crippen LogP contribution is -2.00. The Bertz CT molecular complexity index is 3910. The van der Waals surface area contributed by atoms with Crippen LogP contribution in [0.2, 0.25) is 0 Å². The van der Waals surface area contributed by atoms with E-state index in [-0.39, 0.29) is 0 Å². The highest BCUT2D eigenvalue weighted by atomic mass is 32.1. The first-order valence-corrected chi connectivity index (χ1v) is 22.8. The summed E-state index contributed by atoms with van der Waals surface area (Å²) in [6, 6.07) is 80.8. The molecule has 0 amide bonds. The van der Waals surface area contributed by atoms with Gasteiger partial charge in [0.1, 0.15) is 0 Å². The molecule has 302 valence electrons. The van der Waals surface area contributed by atoms with Crippen molar-refractivity contribution in [2.75, 3.05) is 0 Å². The van der Waals surface area contributed by atoms with E-state index in [1.165, 1.54) is 91.3 Å². The highest BCUT2D eigenvalue weighted by Crippen LogP contribution is 2.41. The maximum absolute atomic E-state index is 4.96. The highest BCUT2D eigenvalue weighted by molar-refractivity contribution is 7.25. The second kappa shape index (κ2) is 15.2. The molecule has 0 saturated carbocycles. The van der Waals surface area contributed by atoms with Crippen molar-refractivity contribution in [3.63, 3.8) is 0 Å². The minimum absolute atomic E-state index is 0.655. The van der Waals surface area contributed by atoms with Crippen molar-refractivity contribution in [2.45, 2.75) is 0 Å². The molecular formula is C61H37N3S. The summed E-state index contributed by atoms with van der Waals surface area (Å²) in [5.41, 5.74) is 10.1. The summed E-state index contributed by atoms with van der Waals surface area (Å²) in [4.78, 5) is 14.8. The molecule has 2 aromatic heterocycles. The molecule has 13 rings (SSSR count). The third-order valence-electron chi connectivity index (χ3n) is 12.9. The maximum atomic E-state index is 4.96. The molecule has 13 aromatic rings. The molecule has 0 radical (unpaired) electrons. The number of aromatic nitrogens is 3. The molecule has 3 nitrogen and oxygen atoms in total. The third-order valence-corrected chi connectivity index (χ3v) is 14.0. The summed E-state index contributed by atoms with van der Waals surface area (Å²) < 4.78 is 2.58. The number of hydrogen-bond acceptors (Lipinski definition) is 4. The van der Waals surface area contributed by atoms with Crippen LogP contribution in [0.3, 0.4) is 0 Å². The zero-order valence-electron chi connectivity index (χ0n) is 35.1. The Kier molecular flexibility index (Phi) is 8.71. The van der Waals surface area contributed by atoms with Gasteiger partial charge in [0.2, 0.25) is 0 Å². The van der Waals surface area contributed by atoms with Gasteiger partial charge in [-0.1, -0.05) is 188 Å². The Morgan fingerprint density at radius 1 is 0.215 bits per heavy atom. The van der Waals surface area contributed by atoms with Gasteiger partial charge in [-0.3, -0.25) is 0 Å². The molecule has 0 aliphatic carbocycles. The molecule has 0 spiro atoms. The van der Waals surface area contributed by atoms with Crippen LogP contribution in [-0.4, -0.2) is 15.0 Å². The van der Waals surface area contributed by atoms with E-state index in [0.717, 1.165) is 22.1 Å². The zero-order valence-corrected chi connectivity index (χ0v) is 35.9. The number of benzene rings is 11. The molecule has 0 atom stereocenters. The predicted octanol–water partition coefficient (Wildman–Crippen LogP) is 16.9. The van der Waals surface area contributed by atoms with Crippen LogP contribution >= 0.6 is 11.3 Å². The smallest absolute Gasteiger partial charge is 0.164 e. The van der Waals surface area contributed by atoms with E-state index >= 15 is 0 Å². The average Bonchev–Trinajstić information content (AvgIpc) is 3.76. The van der Waals surface area contributed by atoms with Gasteiger partial charge >= 0.3 is 0 Å². The normalized spacial score (nSPS) is 11.7. The summed E-state index contributed by atoms with van der Waals surface area (Å²) in [7, 11) is 0. The Labute approximate surface area is 379 Å². The lowest BCUT2D eigenvalue weighted by atomic mass is 9.91. The monoisotopic (exact) mass is 843 g/mol. The van der Waals surface area contributed by atoms with Gasteiger partial charge in [-0.25, -0.2) is 15.0 Å². The van der Waals surface area contributed by atoms with Crippen molar-refractivity contribution in [1.82, 2.24) is 15.0 Å². The van der Waals surface area contributed by atoms with Crippen LogP contribution in [0.5, 0.6) is 0 Å². The van der Waals surface area contributed by atoms with Crippen LogP contribution in [0, 0.1) is 0 Å². The summed E-state index contributed by atoms with van der Waals surface area (Å²) >= 11 is 1.87. The van der Waals surface area contributed by atoms with Gasteiger partial charge in [0.05, 0.1) is 0 Å². The van der Waals surface area contributed by atoms with Crippen LogP contribution in [0.25, 0.3) is 131 Å². The fourth-order valence-electron chi connectivity index (χ4n) is 9.60. The summed E-state index contributed by atoms with van der Waals surface area (Å²) in [5.74, 6) is 1.97. The van der Waals surface area contributed by atoms with Crippen LogP contribution in [0.4, 0.5) is 0 Å². The molecule has 4 heteroatoms.